The van der Waals surface area contributed by atoms with Crippen molar-refractivity contribution in [1.82, 2.24) is 5.32 Å². The first-order valence-electron chi connectivity index (χ1n) is 6.30. The van der Waals surface area contributed by atoms with Crippen LogP contribution in [0, 0.1) is 12.8 Å². The fraction of sp³-hybridized carbons (Fsp3) is 0.333. The van der Waals surface area contributed by atoms with Gasteiger partial charge in [0.25, 0.3) is 0 Å². The molecule has 0 spiro atoms. The van der Waals surface area contributed by atoms with Crippen LogP contribution in [0.5, 0.6) is 0 Å². The second kappa shape index (κ2) is 5.69. The quantitative estimate of drug-likeness (QED) is 0.808. The van der Waals surface area contributed by atoms with E-state index in [2.05, 4.69) is 5.32 Å². The number of hydrogen-bond donors (Lipinski definition) is 2. The number of carboxylic acid groups (broad SMARTS) is 1. The standard InChI is InChI=1S/C15H17NO3/c1-10-3-2-4-11(7-10)8-14(17)16-13-6-5-12(9-13)15(18)19/h2-7,12-13H,8-9H2,1H3,(H,16,17)(H,18,19). The molecule has 0 bridgehead atoms. The normalized spacial score (nSPS) is 21.3. The van der Waals surface area contributed by atoms with Crippen molar-refractivity contribution in [2.45, 2.75) is 25.8 Å². The summed E-state index contributed by atoms with van der Waals surface area (Å²) in [6.45, 7) is 1.98. The van der Waals surface area contributed by atoms with E-state index in [0.717, 1.165) is 11.1 Å². The molecule has 2 unspecified atom stereocenters. The molecule has 1 amide bonds. The minimum Gasteiger partial charge on any atom is -0.481 e. The van der Waals surface area contributed by atoms with Gasteiger partial charge in [-0.1, -0.05) is 42.0 Å². The van der Waals surface area contributed by atoms with E-state index in [1.54, 1.807) is 12.2 Å². The number of aryl methyl sites for hydroxylation is 1. The second-order valence-corrected chi connectivity index (χ2v) is 4.91. The van der Waals surface area contributed by atoms with Crippen molar-refractivity contribution in [3.05, 3.63) is 47.5 Å². The van der Waals surface area contributed by atoms with Gasteiger partial charge in [0.2, 0.25) is 5.91 Å². The van der Waals surface area contributed by atoms with Gasteiger partial charge in [0.15, 0.2) is 0 Å². The summed E-state index contributed by atoms with van der Waals surface area (Å²) in [6.07, 6.45) is 4.16. The number of benzene rings is 1. The molecule has 0 heterocycles. The predicted molar refractivity (Wildman–Crippen MR) is 71.7 cm³/mol. The highest BCUT2D eigenvalue weighted by Crippen LogP contribution is 2.18. The zero-order valence-electron chi connectivity index (χ0n) is 10.8. The average molecular weight is 259 g/mol. The Kier molecular flexibility index (Phi) is 4.00. The van der Waals surface area contributed by atoms with Gasteiger partial charge in [-0.15, -0.1) is 0 Å². The van der Waals surface area contributed by atoms with Gasteiger partial charge in [-0.25, -0.2) is 0 Å². The largest absolute Gasteiger partial charge is 0.481 e. The van der Waals surface area contributed by atoms with Crippen LogP contribution in [-0.4, -0.2) is 23.0 Å². The molecule has 4 heteroatoms. The molecule has 100 valence electrons. The third-order valence-electron chi connectivity index (χ3n) is 3.19. The number of amides is 1. The molecular formula is C15H17NO3. The molecule has 0 saturated heterocycles. The maximum absolute atomic E-state index is 11.9. The Morgan fingerprint density at radius 1 is 1.37 bits per heavy atom. The van der Waals surface area contributed by atoms with Gasteiger partial charge in [0.05, 0.1) is 12.3 Å². The molecule has 0 aliphatic heterocycles. The van der Waals surface area contributed by atoms with Crippen LogP contribution in [-0.2, 0) is 16.0 Å². The maximum atomic E-state index is 11.9. The van der Waals surface area contributed by atoms with E-state index >= 15 is 0 Å². The summed E-state index contributed by atoms with van der Waals surface area (Å²) in [6, 6.07) is 7.63. The number of rotatable bonds is 4. The van der Waals surface area contributed by atoms with Crippen LogP contribution in [0.15, 0.2) is 36.4 Å². The highest BCUT2D eigenvalue weighted by Gasteiger charge is 2.25. The van der Waals surface area contributed by atoms with E-state index in [9.17, 15) is 9.59 Å². The molecule has 4 nitrogen and oxygen atoms in total. The highest BCUT2D eigenvalue weighted by atomic mass is 16.4. The van der Waals surface area contributed by atoms with Gasteiger partial charge in [0, 0.05) is 6.04 Å². The Labute approximate surface area is 112 Å². The summed E-state index contributed by atoms with van der Waals surface area (Å²) in [4.78, 5) is 22.7. The molecule has 0 radical (unpaired) electrons. The second-order valence-electron chi connectivity index (χ2n) is 4.91. The molecule has 0 aromatic heterocycles. The molecule has 2 atom stereocenters. The van der Waals surface area contributed by atoms with Crippen LogP contribution in [0.2, 0.25) is 0 Å². The topological polar surface area (TPSA) is 66.4 Å². The minimum atomic E-state index is -0.841. The Hall–Kier alpha value is -2.10. The van der Waals surface area contributed by atoms with Gasteiger partial charge in [-0.3, -0.25) is 9.59 Å². The lowest BCUT2D eigenvalue weighted by Crippen LogP contribution is -2.34. The fourth-order valence-corrected chi connectivity index (χ4v) is 2.25. The lowest BCUT2D eigenvalue weighted by molar-refractivity contribution is -0.140. The highest BCUT2D eigenvalue weighted by molar-refractivity contribution is 5.79. The van der Waals surface area contributed by atoms with Crippen molar-refractivity contribution in [3.8, 4) is 0 Å². The van der Waals surface area contributed by atoms with E-state index in [-0.39, 0.29) is 11.9 Å². The number of carbonyl (C=O) groups excluding carboxylic acids is 1. The lowest BCUT2D eigenvalue weighted by atomic mass is 10.1. The Bertz CT molecular complexity index is 522. The van der Waals surface area contributed by atoms with Gasteiger partial charge in [0.1, 0.15) is 0 Å². The molecule has 1 aromatic carbocycles. The molecule has 0 fully saturated rings. The fourth-order valence-electron chi connectivity index (χ4n) is 2.25. The third-order valence-corrected chi connectivity index (χ3v) is 3.19. The van der Waals surface area contributed by atoms with Crippen molar-refractivity contribution in [2.75, 3.05) is 0 Å². The summed E-state index contributed by atoms with van der Waals surface area (Å²) < 4.78 is 0. The number of carbonyl (C=O) groups is 2. The van der Waals surface area contributed by atoms with Crippen LogP contribution in [0.4, 0.5) is 0 Å². The number of hydrogen-bond acceptors (Lipinski definition) is 2. The van der Waals surface area contributed by atoms with Crippen LogP contribution >= 0.6 is 0 Å². The molecule has 1 aliphatic rings. The number of carboxylic acids is 1. The van der Waals surface area contributed by atoms with E-state index in [1.165, 1.54) is 0 Å². The molecule has 2 N–H and O–H groups in total. The van der Waals surface area contributed by atoms with Gasteiger partial charge >= 0.3 is 5.97 Å². The van der Waals surface area contributed by atoms with E-state index in [4.69, 9.17) is 5.11 Å². The molecule has 1 aliphatic carbocycles. The van der Waals surface area contributed by atoms with Crippen LogP contribution in [0.3, 0.4) is 0 Å². The van der Waals surface area contributed by atoms with Gasteiger partial charge in [-0.05, 0) is 18.9 Å². The van der Waals surface area contributed by atoms with Crippen molar-refractivity contribution < 1.29 is 14.7 Å². The molecule has 2 rings (SSSR count). The molecule has 0 saturated carbocycles. The SMILES string of the molecule is Cc1cccc(CC(=O)NC2C=CC(C(=O)O)C2)c1. The minimum absolute atomic E-state index is 0.0775. The first kappa shape index (κ1) is 13.3. The summed E-state index contributed by atoms with van der Waals surface area (Å²) in [5, 5.41) is 11.7. The van der Waals surface area contributed by atoms with E-state index < -0.39 is 11.9 Å². The van der Waals surface area contributed by atoms with E-state index in [0.29, 0.717) is 12.8 Å². The predicted octanol–water partition coefficient (Wildman–Crippen LogP) is 1.68. The summed E-state index contributed by atoms with van der Waals surface area (Å²) in [5.74, 6) is -1.40. The van der Waals surface area contributed by atoms with Gasteiger partial charge in [-0.2, -0.15) is 0 Å². The van der Waals surface area contributed by atoms with Crippen LogP contribution < -0.4 is 5.32 Å². The first-order chi connectivity index (χ1) is 9.04. The number of aliphatic carboxylic acids is 1. The van der Waals surface area contributed by atoms with Crippen molar-refractivity contribution in [3.63, 3.8) is 0 Å². The third kappa shape index (κ3) is 3.68. The van der Waals surface area contributed by atoms with Gasteiger partial charge < -0.3 is 10.4 Å². The van der Waals surface area contributed by atoms with Crippen molar-refractivity contribution >= 4 is 11.9 Å². The van der Waals surface area contributed by atoms with Crippen LogP contribution in [0.25, 0.3) is 0 Å². The lowest BCUT2D eigenvalue weighted by Gasteiger charge is -2.12. The average Bonchev–Trinajstić information content (AvgIpc) is 2.77. The molecule has 19 heavy (non-hydrogen) atoms. The molecular weight excluding hydrogens is 242 g/mol. The number of nitrogens with one attached hydrogen (secondary N) is 1. The van der Waals surface area contributed by atoms with Crippen molar-refractivity contribution in [1.29, 1.82) is 0 Å². The monoisotopic (exact) mass is 259 g/mol. The zero-order valence-corrected chi connectivity index (χ0v) is 10.8. The maximum Gasteiger partial charge on any atom is 0.310 e. The Morgan fingerprint density at radius 2 is 2.16 bits per heavy atom. The molecule has 1 aromatic rings. The van der Waals surface area contributed by atoms with Crippen LogP contribution in [0.1, 0.15) is 17.5 Å². The zero-order chi connectivity index (χ0) is 13.8. The Balaban J connectivity index is 1.86. The summed E-state index contributed by atoms with van der Waals surface area (Å²) in [5.41, 5.74) is 2.09. The smallest absolute Gasteiger partial charge is 0.310 e. The Morgan fingerprint density at radius 3 is 2.79 bits per heavy atom. The van der Waals surface area contributed by atoms with Crippen molar-refractivity contribution in [2.24, 2.45) is 5.92 Å². The first-order valence-corrected chi connectivity index (χ1v) is 6.30. The summed E-state index contributed by atoms with van der Waals surface area (Å²) >= 11 is 0. The summed E-state index contributed by atoms with van der Waals surface area (Å²) in [7, 11) is 0. The van der Waals surface area contributed by atoms with E-state index in [1.807, 2.05) is 31.2 Å².